The summed E-state index contributed by atoms with van der Waals surface area (Å²) < 4.78 is 7.19. The average molecular weight is 395 g/mol. The Morgan fingerprint density at radius 3 is 2.89 bits per heavy atom. The van der Waals surface area contributed by atoms with E-state index in [0.717, 1.165) is 40.6 Å². The zero-order chi connectivity index (χ0) is 19.7. The Morgan fingerprint density at radius 1 is 1.36 bits per heavy atom. The highest BCUT2D eigenvalue weighted by Crippen LogP contribution is 2.34. The molecule has 3 aromatic rings. The molecule has 1 aromatic carbocycles. The molecule has 0 amide bonds. The molecule has 4 rings (SSSR count). The molecule has 1 aliphatic rings. The molecule has 0 saturated heterocycles. The van der Waals surface area contributed by atoms with Crippen LogP contribution in [0.2, 0.25) is 0 Å². The molecular formula is C21H21N3O3S. The zero-order valence-corrected chi connectivity index (χ0v) is 16.5. The molecule has 0 unspecified atom stereocenters. The normalized spacial score (nSPS) is 14.0. The number of nitriles is 1. The molecule has 6 nitrogen and oxygen atoms in total. The lowest BCUT2D eigenvalue weighted by Gasteiger charge is -2.16. The van der Waals surface area contributed by atoms with Crippen LogP contribution in [0.15, 0.2) is 29.1 Å². The third-order valence-electron chi connectivity index (χ3n) is 5.06. The Morgan fingerprint density at radius 2 is 2.14 bits per heavy atom. The first-order chi connectivity index (χ1) is 13.6. The molecular weight excluding hydrogens is 374 g/mol. The van der Waals surface area contributed by atoms with E-state index < -0.39 is 6.10 Å². The van der Waals surface area contributed by atoms with E-state index in [1.54, 1.807) is 35.0 Å². The summed E-state index contributed by atoms with van der Waals surface area (Å²) in [4.78, 5) is 19.7. The first-order valence-electron chi connectivity index (χ1n) is 9.35. The van der Waals surface area contributed by atoms with Gasteiger partial charge in [0.05, 0.1) is 24.4 Å². The van der Waals surface area contributed by atoms with Gasteiger partial charge in [-0.2, -0.15) is 5.26 Å². The van der Waals surface area contributed by atoms with Crippen LogP contribution in [0.4, 0.5) is 0 Å². The van der Waals surface area contributed by atoms with Gasteiger partial charge in [0.2, 0.25) is 0 Å². The summed E-state index contributed by atoms with van der Waals surface area (Å²) in [5.74, 6) is 1.23. The Hall–Kier alpha value is -2.69. The van der Waals surface area contributed by atoms with Crippen LogP contribution in [-0.4, -0.2) is 27.4 Å². The fraction of sp³-hybridized carbons (Fsp3) is 0.381. The van der Waals surface area contributed by atoms with E-state index in [9.17, 15) is 9.90 Å². The quantitative estimate of drug-likeness (QED) is 0.693. The fourth-order valence-electron chi connectivity index (χ4n) is 3.64. The number of fused-ring (bicyclic) bond motifs is 3. The van der Waals surface area contributed by atoms with Crippen molar-refractivity contribution in [2.75, 3.05) is 6.61 Å². The second kappa shape index (κ2) is 7.74. The molecule has 0 aliphatic heterocycles. The molecule has 0 bridgehead atoms. The van der Waals surface area contributed by atoms with Gasteiger partial charge in [0.15, 0.2) is 0 Å². The molecule has 2 aromatic heterocycles. The highest BCUT2D eigenvalue weighted by molar-refractivity contribution is 7.18. The fourth-order valence-corrected chi connectivity index (χ4v) is 4.94. The number of rotatable bonds is 6. The largest absolute Gasteiger partial charge is 0.491 e. The average Bonchev–Trinajstić information content (AvgIpc) is 3.25. The summed E-state index contributed by atoms with van der Waals surface area (Å²) in [5.41, 5.74) is 2.00. The van der Waals surface area contributed by atoms with Crippen LogP contribution >= 0.6 is 11.3 Å². The summed E-state index contributed by atoms with van der Waals surface area (Å²) in [6.07, 6.45) is 2.57. The number of aliphatic hydroxyl groups excluding tert-OH is 1. The van der Waals surface area contributed by atoms with Gasteiger partial charge in [0, 0.05) is 4.88 Å². The summed E-state index contributed by atoms with van der Waals surface area (Å²) >= 11 is 1.62. The Labute approximate surface area is 166 Å². The molecule has 2 heterocycles. The second-order valence-electron chi connectivity index (χ2n) is 7.06. The van der Waals surface area contributed by atoms with Crippen LogP contribution in [0.25, 0.3) is 10.2 Å². The van der Waals surface area contributed by atoms with E-state index in [2.05, 4.69) is 11.1 Å². The van der Waals surface area contributed by atoms with Crippen molar-refractivity contribution in [2.45, 2.75) is 45.3 Å². The number of thiophene rings is 1. The van der Waals surface area contributed by atoms with Gasteiger partial charge < -0.3 is 9.84 Å². The smallest absolute Gasteiger partial charge is 0.262 e. The number of ether oxygens (including phenoxy) is 1. The van der Waals surface area contributed by atoms with E-state index in [1.165, 1.54) is 4.88 Å². The van der Waals surface area contributed by atoms with Crippen molar-refractivity contribution >= 4 is 21.6 Å². The second-order valence-corrected chi connectivity index (χ2v) is 8.14. The molecule has 1 N–H and O–H groups in total. The number of hydrogen-bond acceptors (Lipinski definition) is 6. The molecule has 0 radical (unpaired) electrons. The van der Waals surface area contributed by atoms with Gasteiger partial charge >= 0.3 is 0 Å². The van der Waals surface area contributed by atoms with Gasteiger partial charge in [-0.15, -0.1) is 11.3 Å². The minimum Gasteiger partial charge on any atom is -0.491 e. The summed E-state index contributed by atoms with van der Waals surface area (Å²) in [6, 6.07) is 9.31. The van der Waals surface area contributed by atoms with E-state index in [4.69, 9.17) is 10.00 Å². The minimum absolute atomic E-state index is 0.0678. The Kier molecular flexibility index (Phi) is 5.16. The molecule has 0 spiro atoms. The van der Waals surface area contributed by atoms with Gasteiger partial charge in [-0.25, -0.2) is 4.98 Å². The van der Waals surface area contributed by atoms with Crippen molar-refractivity contribution in [3.63, 3.8) is 0 Å². The maximum atomic E-state index is 13.0. The van der Waals surface area contributed by atoms with Crippen LogP contribution in [0, 0.1) is 18.3 Å². The zero-order valence-electron chi connectivity index (χ0n) is 15.6. The number of aromatic nitrogens is 2. The summed E-state index contributed by atoms with van der Waals surface area (Å²) in [5, 5.41) is 19.8. The van der Waals surface area contributed by atoms with Crippen molar-refractivity contribution < 1.29 is 9.84 Å². The number of benzene rings is 1. The highest BCUT2D eigenvalue weighted by atomic mass is 32.1. The third-order valence-corrected chi connectivity index (χ3v) is 6.24. The SMILES string of the molecule is Cc1nc2sc3c(c2c(=O)n1C[C@@H](O)COc1ccc(CC#N)cc1)CCC3. The maximum Gasteiger partial charge on any atom is 0.262 e. The minimum atomic E-state index is -0.832. The van der Waals surface area contributed by atoms with Crippen LogP contribution in [0.3, 0.4) is 0 Å². The summed E-state index contributed by atoms with van der Waals surface area (Å²) in [7, 11) is 0. The van der Waals surface area contributed by atoms with Gasteiger partial charge in [-0.3, -0.25) is 9.36 Å². The Bertz CT molecular complexity index is 1110. The lowest BCUT2D eigenvalue weighted by atomic mass is 10.2. The van der Waals surface area contributed by atoms with Crippen molar-refractivity contribution in [2.24, 2.45) is 0 Å². The van der Waals surface area contributed by atoms with Crippen molar-refractivity contribution in [1.82, 2.24) is 9.55 Å². The number of hydrogen-bond donors (Lipinski definition) is 1. The van der Waals surface area contributed by atoms with Crippen LogP contribution in [0.1, 0.15) is 28.2 Å². The molecule has 7 heteroatoms. The molecule has 144 valence electrons. The van der Waals surface area contributed by atoms with E-state index in [0.29, 0.717) is 18.0 Å². The molecule has 1 aliphatic carbocycles. The van der Waals surface area contributed by atoms with Gasteiger partial charge in [-0.1, -0.05) is 12.1 Å². The molecule has 1 atom stereocenters. The van der Waals surface area contributed by atoms with Crippen molar-refractivity contribution in [3.8, 4) is 11.8 Å². The van der Waals surface area contributed by atoms with E-state index >= 15 is 0 Å². The number of aliphatic hydroxyl groups is 1. The lowest BCUT2D eigenvalue weighted by Crippen LogP contribution is -2.32. The van der Waals surface area contributed by atoms with E-state index in [1.807, 2.05) is 12.1 Å². The molecule has 0 saturated carbocycles. The predicted octanol–water partition coefficient (Wildman–Crippen LogP) is 2.76. The van der Waals surface area contributed by atoms with Crippen LogP contribution in [-0.2, 0) is 25.8 Å². The first-order valence-corrected chi connectivity index (χ1v) is 10.2. The van der Waals surface area contributed by atoms with Crippen LogP contribution < -0.4 is 10.3 Å². The monoisotopic (exact) mass is 395 g/mol. The van der Waals surface area contributed by atoms with Crippen molar-refractivity contribution in [1.29, 1.82) is 5.26 Å². The van der Waals surface area contributed by atoms with Gasteiger partial charge in [0.25, 0.3) is 5.56 Å². The van der Waals surface area contributed by atoms with E-state index in [-0.39, 0.29) is 18.7 Å². The third kappa shape index (κ3) is 3.53. The standard InChI is InChI=1S/C21H21N3O3S/c1-13-23-20-19(17-3-2-4-18(17)28-20)21(26)24(13)11-15(25)12-27-16-7-5-14(6-8-16)9-10-22/h5-8,15,25H,2-4,9,11-12H2,1H3/t15-/m1/s1. The highest BCUT2D eigenvalue weighted by Gasteiger charge is 2.23. The summed E-state index contributed by atoms with van der Waals surface area (Å²) in [6.45, 7) is 2.02. The Balaban J connectivity index is 1.48. The predicted molar refractivity (Wildman–Crippen MR) is 108 cm³/mol. The number of nitrogens with zero attached hydrogens (tertiary/aromatic N) is 3. The lowest BCUT2D eigenvalue weighted by molar-refractivity contribution is 0.0909. The van der Waals surface area contributed by atoms with Gasteiger partial charge in [0.1, 0.15) is 29.1 Å². The van der Waals surface area contributed by atoms with Crippen LogP contribution in [0.5, 0.6) is 5.75 Å². The van der Waals surface area contributed by atoms with Crippen molar-refractivity contribution in [3.05, 3.63) is 56.4 Å². The molecule has 0 fully saturated rings. The topological polar surface area (TPSA) is 88.1 Å². The number of aryl methyl sites for hydroxylation is 3. The first kappa shape index (κ1) is 18.7. The van der Waals surface area contributed by atoms with Gasteiger partial charge in [-0.05, 0) is 49.4 Å². The molecule has 28 heavy (non-hydrogen) atoms. The maximum absolute atomic E-state index is 13.0.